The predicted octanol–water partition coefficient (Wildman–Crippen LogP) is 2.61. The van der Waals surface area contributed by atoms with Crippen LogP contribution in [-0.2, 0) is 16.4 Å². The second-order valence-electron chi connectivity index (χ2n) is 5.12. The fourth-order valence-electron chi connectivity index (χ4n) is 1.80. The summed E-state index contributed by atoms with van der Waals surface area (Å²) in [5, 5.41) is 3.24. The van der Waals surface area contributed by atoms with Crippen LogP contribution in [0.15, 0.2) is 16.3 Å². The van der Waals surface area contributed by atoms with Gasteiger partial charge in [-0.2, -0.15) is 0 Å². The first kappa shape index (κ1) is 17.6. The van der Waals surface area contributed by atoms with E-state index in [2.05, 4.69) is 30.8 Å². The van der Waals surface area contributed by atoms with Gasteiger partial charge in [0, 0.05) is 10.9 Å². The van der Waals surface area contributed by atoms with Crippen molar-refractivity contribution in [3.8, 4) is 0 Å². The summed E-state index contributed by atoms with van der Waals surface area (Å²) in [4.78, 5) is 1.10. The van der Waals surface area contributed by atoms with E-state index in [0.29, 0.717) is 10.1 Å². The molecule has 2 atom stereocenters. The largest absolute Gasteiger partial charge is 0.317 e. The Labute approximate surface area is 127 Å². The zero-order valence-corrected chi connectivity index (χ0v) is 14.4. The van der Waals surface area contributed by atoms with Crippen LogP contribution >= 0.6 is 11.3 Å². The van der Waals surface area contributed by atoms with Crippen LogP contribution in [0, 0.1) is 5.92 Å². The second kappa shape index (κ2) is 8.12. The first-order valence-corrected chi connectivity index (χ1v) is 9.52. The van der Waals surface area contributed by atoms with Crippen LogP contribution in [-0.4, -0.2) is 27.5 Å². The van der Waals surface area contributed by atoms with E-state index in [1.807, 2.05) is 13.0 Å². The Balaban J connectivity index is 2.68. The van der Waals surface area contributed by atoms with Crippen molar-refractivity contribution in [2.45, 2.75) is 50.8 Å². The maximum absolute atomic E-state index is 12.3. The fraction of sp³-hybridized carbons (Fsp3) is 0.714. The van der Waals surface area contributed by atoms with E-state index in [0.717, 1.165) is 30.8 Å². The van der Waals surface area contributed by atoms with Crippen LogP contribution in [0.1, 0.15) is 39.0 Å². The number of hydrogen-bond donors (Lipinski definition) is 2. The number of sulfonamides is 1. The maximum Gasteiger partial charge on any atom is 0.250 e. The quantitative estimate of drug-likeness (QED) is 0.688. The van der Waals surface area contributed by atoms with E-state index < -0.39 is 10.0 Å². The van der Waals surface area contributed by atoms with Crippen LogP contribution in [0.3, 0.4) is 0 Å². The SMILES string of the molecule is CCNCCc1ccc(S(=O)(=O)NC(C)C(C)CC)s1. The van der Waals surface area contributed by atoms with Crippen LogP contribution in [0.5, 0.6) is 0 Å². The van der Waals surface area contributed by atoms with Crippen molar-refractivity contribution in [1.29, 1.82) is 0 Å². The van der Waals surface area contributed by atoms with Gasteiger partial charge in [0.2, 0.25) is 10.0 Å². The van der Waals surface area contributed by atoms with E-state index in [4.69, 9.17) is 0 Å². The summed E-state index contributed by atoms with van der Waals surface area (Å²) >= 11 is 1.36. The number of rotatable bonds is 9. The molecule has 0 bridgehead atoms. The van der Waals surface area contributed by atoms with Crippen molar-refractivity contribution in [3.05, 3.63) is 17.0 Å². The predicted molar refractivity (Wildman–Crippen MR) is 85.8 cm³/mol. The molecule has 1 aromatic heterocycles. The summed E-state index contributed by atoms with van der Waals surface area (Å²) in [7, 11) is -3.38. The van der Waals surface area contributed by atoms with Crippen LogP contribution in [0.4, 0.5) is 0 Å². The van der Waals surface area contributed by atoms with Crippen molar-refractivity contribution in [2.24, 2.45) is 5.92 Å². The van der Waals surface area contributed by atoms with Crippen LogP contribution < -0.4 is 10.0 Å². The van der Waals surface area contributed by atoms with E-state index in [1.165, 1.54) is 11.3 Å². The lowest BCUT2D eigenvalue weighted by molar-refractivity contribution is 0.434. The Morgan fingerprint density at radius 2 is 1.95 bits per heavy atom. The van der Waals surface area contributed by atoms with E-state index in [1.54, 1.807) is 6.07 Å². The summed E-state index contributed by atoms with van der Waals surface area (Å²) < 4.78 is 27.8. The third-order valence-electron chi connectivity index (χ3n) is 3.54. The lowest BCUT2D eigenvalue weighted by Gasteiger charge is -2.19. The van der Waals surface area contributed by atoms with E-state index in [-0.39, 0.29) is 6.04 Å². The summed E-state index contributed by atoms with van der Waals surface area (Å²) in [6.07, 6.45) is 1.83. The van der Waals surface area contributed by atoms with Gasteiger partial charge in [0.05, 0.1) is 0 Å². The minimum atomic E-state index is -3.38. The van der Waals surface area contributed by atoms with Crippen molar-refractivity contribution >= 4 is 21.4 Å². The van der Waals surface area contributed by atoms with Crippen molar-refractivity contribution in [2.75, 3.05) is 13.1 Å². The molecule has 4 nitrogen and oxygen atoms in total. The number of thiophene rings is 1. The van der Waals surface area contributed by atoms with Gasteiger partial charge in [-0.3, -0.25) is 0 Å². The van der Waals surface area contributed by atoms with Gasteiger partial charge in [-0.15, -0.1) is 11.3 Å². The standard InChI is InChI=1S/C14H26N2O2S2/c1-5-11(3)12(4)16-20(17,18)14-8-7-13(19-14)9-10-15-6-2/h7-8,11-12,15-16H,5-6,9-10H2,1-4H3. The molecule has 0 spiro atoms. The molecule has 0 aromatic carbocycles. The van der Waals surface area contributed by atoms with Crippen molar-refractivity contribution in [3.63, 3.8) is 0 Å². The molecule has 1 aromatic rings. The van der Waals surface area contributed by atoms with Gasteiger partial charge in [0.15, 0.2) is 0 Å². The highest BCUT2D eigenvalue weighted by molar-refractivity contribution is 7.91. The fourth-order valence-corrected chi connectivity index (χ4v) is 4.52. The molecule has 116 valence electrons. The first-order chi connectivity index (χ1) is 9.40. The molecule has 20 heavy (non-hydrogen) atoms. The Morgan fingerprint density at radius 3 is 2.55 bits per heavy atom. The lowest BCUT2D eigenvalue weighted by Crippen LogP contribution is -2.36. The normalized spacial score (nSPS) is 15.2. The molecule has 0 saturated carbocycles. The van der Waals surface area contributed by atoms with Gasteiger partial charge in [-0.25, -0.2) is 13.1 Å². The van der Waals surface area contributed by atoms with Crippen LogP contribution in [0.2, 0.25) is 0 Å². The highest BCUT2D eigenvalue weighted by atomic mass is 32.2. The average molecular weight is 319 g/mol. The Hall–Kier alpha value is -0.430. The van der Waals surface area contributed by atoms with Gasteiger partial charge in [-0.05, 0) is 44.5 Å². The average Bonchev–Trinajstić information content (AvgIpc) is 2.87. The molecule has 0 aliphatic carbocycles. The monoisotopic (exact) mass is 318 g/mol. The zero-order valence-electron chi connectivity index (χ0n) is 12.8. The number of nitrogens with one attached hydrogen (secondary N) is 2. The van der Waals surface area contributed by atoms with Crippen LogP contribution in [0.25, 0.3) is 0 Å². The highest BCUT2D eigenvalue weighted by Gasteiger charge is 2.21. The van der Waals surface area contributed by atoms with Crippen molar-refractivity contribution in [1.82, 2.24) is 10.0 Å². The molecule has 6 heteroatoms. The third kappa shape index (κ3) is 5.16. The third-order valence-corrected chi connectivity index (χ3v) is 6.73. The molecular weight excluding hydrogens is 292 g/mol. The molecule has 0 aliphatic rings. The minimum Gasteiger partial charge on any atom is -0.317 e. The number of hydrogen-bond acceptors (Lipinski definition) is 4. The second-order valence-corrected chi connectivity index (χ2v) is 8.23. The van der Waals surface area contributed by atoms with E-state index >= 15 is 0 Å². The zero-order chi connectivity index (χ0) is 15.2. The molecule has 0 aliphatic heterocycles. The lowest BCUT2D eigenvalue weighted by atomic mass is 10.0. The summed E-state index contributed by atoms with van der Waals surface area (Å²) in [6.45, 7) is 9.93. The van der Waals surface area contributed by atoms with Gasteiger partial charge in [-0.1, -0.05) is 27.2 Å². The topological polar surface area (TPSA) is 58.2 Å². The molecule has 2 unspecified atom stereocenters. The van der Waals surface area contributed by atoms with Gasteiger partial charge in [0.25, 0.3) is 0 Å². The molecule has 0 radical (unpaired) electrons. The molecule has 0 amide bonds. The number of likely N-dealkylation sites (N-methyl/N-ethyl adjacent to an activating group) is 1. The Morgan fingerprint density at radius 1 is 1.25 bits per heavy atom. The summed E-state index contributed by atoms with van der Waals surface area (Å²) in [5.41, 5.74) is 0. The molecular formula is C14H26N2O2S2. The maximum atomic E-state index is 12.3. The van der Waals surface area contributed by atoms with Gasteiger partial charge >= 0.3 is 0 Å². The highest BCUT2D eigenvalue weighted by Crippen LogP contribution is 2.22. The Kier molecular flexibility index (Phi) is 7.15. The first-order valence-electron chi connectivity index (χ1n) is 7.22. The van der Waals surface area contributed by atoms with Gasteiger partial charge < -0.3 is 5.32 Å². The molecule has 0 saturated heterocycles. The smallest absolute Gasteiger partial charge is 0.250 e. The van der Waals surface area contributed by atoms with E-state index in [9.17, 15) is 8.42 Å². The molecule has 1 rings (SSSR count). The van der Waals surface area contributed by atoms with Crippen molar-refractivity contribution < 1.29 is 8.42 Å². The summed E-state index contributed by atoms with van der Waals surface area (Å²) in [5.74, 6) is 0.331. The molecule has 2 N–H and O–H groups in total. The Bertz CT molecular complexity index is 497. The molecule has 1 heterocycles. The summed E-state index contributed by atoms with van der Waals surface area (Å²) in [6, 6.07) is 3.57. The minimum absolute atomic E-state index is 0.0442. The molecule has 0 fully saturated rings. The van der Waals surface area contributed by atoms with Gasteiger partial charge in [0.1, 0.15) is 4.21 Å².